The lowest BCUT2D eigenvalue weighted by Crippen LogP contribution is -2.47. The Morgan fingerprint density at radius 3 is 2.29 bits per heavy atom. The van der Waals surface area contributed by atoms with Gasteiger partial charge in [-0.1, -0.05) is 35.9 Å². The predicted molar refractivity (Wildman–Crippen MR) is 105 cm³/mol. The molecule has 1 amide bonds. The summed E-state index contributed by atoms with van der Waals surface area (Å²) in [7, 11) is 0. The fourth-order valence-electron chi connectivity index (χ4n) is 3.01. The van der Waals surface area contributed by atoms with E-state index in [4.69, 9.17) is 11.6 Å². The molecule has 1 fully saturated rings. The Bertz CT molecular complexity index is 802. The molecule has 0 saturated carbocycles. The summed E-state index contributed by atoms with van der Waals surface area (Å²) < 4.78 is 28.6. The molecular formula is C21H21ClF2N2O2. The lowest BCUT2D eigenvalue weighted by Gasteiger charge is -2.34. The highest BCUT2D eigenvalue weighted by Gasteiger charge is 2.19. The van der Waals surface area contributed by atoms with Crippen molar-refractivity contribution < 1.29 is 18.3 Å². The maximum atomic E-state index is 12.4. The Balaban J connectivity index is 1.46. The monoisotopic (exact) mass is 406 g/mol. The number of nitrogens with zero attached hydrogens (tertiary/aromatic N) is 2. The minimum atomic E-state index is -2.85. The van der Waals surface area contributed by atoms with Gasteiger partial charge >= 0.3 is 6.61 Å². The molecule has 1 aliphatic heterocycles. The van der Waals surface area contributed by atoms with Crippen LogP contribution in [0.2, 0.25) is 5.02 Å². The van der Waals surface area contributed by atoms with Crippen LogP contribution in [0, 0.1) is 0 Å². The average molecular weight is 407 g/mol. The van der Waals surface area contributed by atoms with E-state index < -0.39 is 6.61 Å². The molecule has 2 aromatic rings. The van der Waals surface area contributed by atoms with Gasteiger partial charge in [-0.2, -0.15) is 8.78 Å². The number of halogens is 3. The Morgan fingerprint density at radius 1 is 1.04 bits per heavy atom. The van der Waals surface area contributed by atoms with E-state index in [-0.39, 0.29) is 11.7 Å². The summed E-state index contributed by atoms with van der Waals surface area (Å²) in [6.45, 7) is 0.933. The number of alkyl halides is 2. The number of benzene rings is 2. The van der Waals surface area contributed by atoms with Gasteiger partial charge in [0, 0.05) is 43.8 Å². The number of carbonyl (C=O) groups excluding carboxylic acids is 1. The molecule has 148 valence electrons. The average Bonchev–Trinajstić information content (AvgIpc) is 2.69. The molecule has 1 saturated heterocycles. The molecule has 7 heteroatoms. The van der Waals surface area contributed by atoms with Crippen molar-refractivity contribution in [3.8, 4) is 5.75 Å². The first-order chi connectivity index (χ1) is 13.5. The highest BCUT2D eigenvalue weighted by Crippen LogP contribution is 2.16. The van der Waals surface area contributed by atoms with Crippen molar-refractivity contribution in [3.63, 3.8) is 0 Å². The quantitative estimate of drug-likeness (QED) is 0.670. The summed E-state index contributed by atoms with van der Waals surface area (Å²) in [4.78, 5) is 16.5. The van der Waals surface area contributed by atoms with Crippen molar-refractivity contribution >= 4 is 23.6 Å². The van der Waals surface area contributed by atoms with Gasteiger partial charge in [-0.3, -0.25) is 9.69 Å². The SMILES string of the molecule is O=C(C=Cc1ccc(OC(F)F)cc1)N1CCN(Cc2ccc(Cl)cc2)CC1. The molecule has 3 rings (SSSR count). The number of hydrogen-bond acceptors (Lipinski definition) is 3. The van der Waals surface area contributed by atoms with Crippen molar-refractivity contribution in [2.75, 3.05) is 26.2 Å². The highest BCUT2D eigenvalue weighted by atomic mass is 35.5. The van der Waals surface area contributed by atoms with Crippen LogP contribution in [0.15, 0.2) is 54.6 Å². The molecule has 0 aromatic heterocycles. The maximum Gasteiger partial charge on any atom is 0.387 e. The van der Waals surface area contributed by atoms with E-state index in [1.165, 1.54) is 23.8 Å². The van der Waals surface area contributed by atoms with Crippen molar-refractivity contribution in [2.24, 2.45) is 0 Å². The third kappa shape index (κ3) is 6.04. The van der Waals surface area contributed by atoms with Crippen LogP contribution in [0.1, 0.15) is 11.1 Å². The van der Waals surface area contributed by atoms with E-state index >= 15 is 0 Å². The molecule has 0 radical (unpaired) electrons. The molecule has 1 aliphatic rings. The summed E-state index contributed by atoms with van der Waals surface area (Å²) in [5, 5.41) is 0.724. The molecule has 0 atom stereocenters. The van der Waals surface area contributed by atoms with Gasteiger partial charge in [-0.05, 0) is 41.5 Å². The normalized spacial score (nSPS) is 15.4. The first kappa shape index (κ1) is 20.3. The van der Waals surface area contributed by atoms with Crippen LogP contribution in [-0.2, 0) is 11.3 Å². The molecule has 4 nitrogen and oxygen atoms in total. The van der Waals surface area contributed by atoms with Crippen molar-refractivity contribution in [1.82, 2.24) is 9.80 Å². The minimum absolute atomic E-state index is 0.0564. The molecule has 28 heavy (non-hydrogen) atoms. The largest absolute Gasteiger partial charge is 0.435 e. The fourth-order valence-corrected chi connectivity index (χ4v) is 3.13. The molecule has 0 unspecified atom stereocenters. The van der Waals surface area contributed by atoms with Crippen LogP contribution < -0.4 is 4.74 Å². The van der Waals surface area contributed by atoms with Gasteiger partial charge in [0.2, 0.25) is 5.91 Å². The van der Waals surface area contributed by atoms with Gasteiger partial charge in [0.1, 0.15) is 5.75 Å². The zero-order valence-corrected chi connectivity index (χ0v) is 16.0. The molecular weight excluding hydrogens is 386 g/mol. The molecule has 0 N–H and O–H groups in total. The zero-order chi connectivity index (χ0) is 19.9. The number of hydrogen-bond donors (Lipinski definition) is 0. The zero-order valence-electron chi connectivity index (χ0n) is 15.2. The summed E-state index contributed by atoms with van der Waals surface area (Å²) >= 11 is 5.91. The van der Waals surface area contributed by atoms with Crippen LogP contribution in [0.5, 0.6) is 5.75 Å². The van der Waals surface area contributed by atoms with Crippen molar-refractivity contribution in [1.29, 1.82) is 0 Å². The second kappa shape index (κ2) is 9.66. The Morgan fingerprint density at radius 2 is 1.68 bits per heavy atom. The second-order valence-electron chi connectivity index (χ2n) is 6.51. The maximum absolute atomic E-state index is 12.4. The Labute approximate surface area is 168 Å². The molecule has 2 aromatic carbocycles. The smallest absolute Gasteiger partial charge is 0.387 e. The third-order valence-electron chi connectivity index (χ3n) is 4.53. The predicted octanol–water partition coefficient (Wildman–Crippen LogP) is 4.30. The second-order valence-corrected chi connectivity index (χ2v) is 6.95. The number of piperazine rings is 1. The first-order valence-electron chi connectivity index (χ1n) is 8.98. The number of amides is 1. The fraction of sp³-hybridized carbons (Fsp3) is 0.286. The third-order valence-corrected chi connectivity index (χ3v) is 4.78. The van der Waals surface area contributed by atoms with E-state index in [9.17, 15) is 13.6 Å². The Hall–Kier alpha value is -2.44. The van der Waals surface area contributed by atoms with Gasteiger partial charge in [-0.15, -0.1) is 0 Å². The van der Waals surface area contributed by atoms with E-state index in [0.29, 0.717) is 13.1 Å². The molecule has 0 bridgehead atoms. The van der Waals surface area contributed by atoms with Gasteiger partial charge in [-0.25, -0.2) is 0 Å². The standard InChI is InChI=1S/C21H21ClF2N2O2/c22-18-6-1-17(2-7-18)15-25-11-13-26(14-12-25)20(27)10-5-16-3-8-19(9-4-16)28-21(23)24/h1-10,21H,11-15H2. The van der Waals surface area contributed by atoms with Crippen LogP contribution in [-0.4, -0.2) is 48.5 Å². The van der Waals surface area contributed by atoms with E-state index in [0.717, 1.165) is 30.2 Å². The topological polar surface area (TPSA) is 32.8 Å². The van der Waals surface area contributed by atoms with Crippen molar-refractivity contribution in [3.05, 3.63) is 70.8 Å². The molecule has 0 aliphatic carbocycles. The Kier molecular flexibility index (Phi) is 7.01. The van der Waals surface area contributed by atoms with E-state index in [1.807, 2.05) is 29.2 Å². The van der Waals surface area contributed by atoms with Gasteiger partial charge in [0.15, 0.2) is 0 Å². The summed E-state index contributed by atoms with van der Waals surface area (Å²) in [6, 6.07) is 14.0. The van der Waals surface area contributed by atoms with E-state index in [1.54, 1.807) is 18.2 Å². The minimum Gasteiger partial charge on any atom is -0.435 e. The van der Waals surface area contributed by atoms with Gasteiger partial charge < -0.3 is 9.64 Å². The van der Waals surface area contributed by atoms with Crippen LogP contribution >= 0.6 is 11.6 Å². The molecule has 1 heterocycles. The summed E-state index contributed by atoms with van der Waals surface area (Å²) in [6.07, 6.45) is 3.19. The number of rotatable bonds is 6. The summed E-state index contributed by atoms with van der Waals surface area (Å²) in [5.41, 5.74) is 1.94. The molecule has 0 spiro atoms. The summed E-state index contributed by atoms with van der Waals surface area (Å²) in [5.74, 6) is 0.0364. The lowest BCUT2D eigenvalue weighted by molar-refractivity contribution is -0.127. The van der Waals surface area contributed by atoms with Gasteiger partial charge in [0.25, 0.3) is 0 Å². The first-order valence-corrected chi connectivity index (χ1v) is 9.36. The van der Waals surface area contributed by atoms with Crippen LogP contribution in [0.4, 0.5) is 8.78 Å². The highest BCUT2D eigenvalue weighted by molar-refractivity contribution is 6.30. The number of carbonyl (C=O) groups is 1. The van der Waals surface area contributed by atoms with Gasteiger partial charge in [0.05, 0.1) is 0 Å². The number of ether oxygens (including phenoxy) is 1. The van der Waals surface area contributed by atoms with Crippen LogP contribution in [0.25, 0.3) is 6.08 Å². The van der Waals surface area contributed by atoms with Crippen LogP contribution in [0.3, 0.4) is 0 Å². The van der Waals surface area contributed by atoms with Crippen molar-refractivity contribution in [2.45, 2.75) is 13.2 Å². The lowest BCUT2D eigenvalue weighted by atomic mass is 10.2. The van der Waals surface area contributed by atoms with E-state index in [2.05, 4.69) is 9.64 Å².